The van der Waals surface area contributed by atoms with E-state index in [1.807, 2.05) is 0 Å². The minimum atomic E-state index is -4.20. The Hall–Kier alpha value is -1.63. The smallest absolute Gasteiger partial charge is 0.262 e. The van der Waals surface area contributed by atoms with E-state index in [-0.39, 0.29) is 20.5 Å². The average molecular weight is 348 g/mol. The van der Waals surface area contributed by atoms with Gasteiger partial charge in [-0.1, -0.05) is 47.5 Å². The van der Waals surface area contributed by atoms with Crippen molar-refractivity contribution in [2.75, 3.05) is 0 Å². The summed E-state index contributed by atoms with van der Waals surface area (Å²) in [6.07, 6.45) is 0. The first kappa shape index (κ1) is 15.8. The topological polar surface area (TPSA) is 55.7 Å². The highest BCUT2D eigenvalue weighted by atomic mass is 35.5. The largest absolute Gasteiger partial charge is 0.358 e. The number of halogens is 3. The summed E-state index contributed by atoms with van der Waals surface area (Å²) in [4.78, 5) is -0.146. The molecule has 0 amide bonds. The predicted molar refractivity (Wildman–Crippen MR) is 78.8 cm³/mol. The van der Waals surface area contributed by atoms with Gasteiger partial charge in [-0.3, -0.25) is 4.28 Å². The molecular formula is C13H8Cl2FNO3S. The van der Waals surface area contributed by atoms with Gasteiger partial charge in [0.2, 0.25) is 0 Å². The molecule has 0 radical (unpaired) electrons. The number of benzene rings is 2. The van der Waals surface area contributed by atoms with Gasteiger partial charge < -0.3 is 0 Å². The van der Waals surface area contributed by atoms with Crippen molar-refractivity contribution in [3.05, 3.63) is 64.1 Å². The van der Waals surface area contributed by atoms with E-state index in [1.165, 1.54) is 42.5 Å². The van der Waals surface area contributed by atoms with Gasteiger partial charge in [-0.15, -0.1) is 0 Å². The van der Waals surface area contributed by atoms with E-state index in [0.717, 1.165) is 0 Å². The molecule has 2 aromatic carbocycles. The zero-order valence-corrected chi connectivity index (χ0v) is 12.7. The fourth-order valence-electron chi connectivity index (χ4n) is 1.45. The lowest BCUT2D eigenvalue weighted by Gasteiger charge is -2.04. The van der Waals surface area contributed by atoms with E-state index in [2.05, 4.69) is 9.44 Å². The third kappa shape index (κ3) is 3.72. The van der Waals surface area contributed by atoms with Crippen LogP contribution in [0.4, 0.5) is 4.39 Å². The van der Waals surface area contributed by atoms with Crippen LogP contribution in [0.1, 0.15) is 5.56 Å². The second kappa shape index (κ2) is 6.43. The highest BCUT2D eigenvalue weighted by Crippen LogP contribution is 2.26. The third-order valence-corrected chi connectivity index (χ3v) is 4.17. The Morgan fingerprint density at radius 3 is 2.14 bits per heavy atom. The molecule has 0 fully saturated rings. The number of rotatable bonds is 4. The molecule has 21 heavy (non-hydrogen) atoms. The maximum Gasteiger partial charge on any atom is 0.358 e. The SMILES string of the molecule is O=S(=O)(ON=C(F)c1c(Cl)cccc1Cl)c1ccccc1. The first-order valence-electron chi connectivity index (χ1n) is 5.58. The maximum absolute atomic E-state index is 13.9. The summed E-state index contributed by atoms with van der Waals surface area (Å²) < 4.78 is 41.8. The van der Waals surface area contributed by atoms with Gasteiger partial charge in [-0.2, -0.15) is 12.8 Å². The molecule has 0 unspecified atom stereocenters. The number of oxime groups is 1. The molecule has 4 nitrogen and oxygen atoms in total. The van der Waals surface area contributed by atoms with E-state index >= 15 is 0 Å². The van der Waals surface area contributed by atoms with Crippen molar-refractivity contribution < 1.29 is 17.1 Å². The lowest BCUT2D eigenvalue weighted by Crippen LogP contribution is -2.05. The molecule has 8 heteroatoms. The van der Waals surface area contributed by atoms with Crippen LogP contribution in [0, 0.1) is 0 Å². The molecule has 0 saturated heterocycles. The van der Waals surface area contributed by atoms with Crippen LogP contribution < -0.4 is 0 Å². The molecular weight excluding hydrogens is 340 g/mol. The third-order valence-electron chi connectivity index (χ3n) is 2.42. The normalized spacial score (nSPS) is 12.2. The first-order valence-corrected chi connectivity index (χ1v) is 7.75. The Morgan fingerprint density at radius 2 is 1.57 bits per heavy atom. The Balaban J connectivity index is 2.29. The van der Waals surface area contributed by atoms with E-state index in [0.29, 0.717) is 0 Å². The average Bonchev–Trinajstić information content (AvgIpc) is 2.46. The van der Waals surface area contributed by atoms with Gasteiger partial charge in [0.05, 0.1) is 15.6 Å². The van der Waals surface area contributed by atoms with Gasteiger partial charge in [0.15, 0.2) is 0 Å². The molecule has 0 saturated carbocycles. The number of hydrogen-bond acceptors (Lipinski definition) is 4. The molecule has 0 aliphatic rings. The summed E-state index contributed by atoms with van der Waals surface area (Å²) >= 11 is 11.6. The van der Waals surface area contributed by atoms with Crippen LogP contribution in [-0.2, 0) is 14.4 Å². The summed E-state index contributed by atoms with van der Waals surface area (Å²) in [7, 11) is -4.20. The Bertz CT molecular complexity index is 759. The molecule has 110 valence electrons. The first-order chi connectivity index (χ1) is 9.92. The van der Waals surface area contributed by atoms with E-state index in [1.54, 1.807) is 6.07 Å². The van der Waals surface area contributed by atoms with Gasteiger partial charge in [-0.05, 0) is 29.4 Å². The molecule has 0 spiro atoms. The summed E-state index contributed by atoms with van der Waals surface area (Å²) in [5, 5.41) is 2.94. The quantitative estimate of drug-likeness (QED) is 0.619. The molecule has 0 aliphatic heterocycles. The second-order valence-electron chi connectivity index (χ2n) is 3.82. The molecule has 0 heterocycles. The van der Waals surface area contributed by atoms with Crippen molar-refractivity contribution in [1.29, 1.82) is 0 Å². The highest BCUT2D eigenvalue weighted by molar-refractivity contribution is 7.86. The Morgan fingerprint density at radius 1 is 1.00 bits per heavy atom. The van der Waals surface area contributed by atoms with Gasteiger partial charge in [0.1, 0.15) is 4.90 Å². The summed E-state index contributed by atoms with van der Waals surface area (Å²) in [5.74, 6) is -1.23. The van der Waals surface area contributed by atoms with Crippen molar-refractivity contribution in [1.82, 2.24) is 0 Å². The van der Waals surface area contributed by atoms with Crippen LogP contribution in [0.2, 0.25) is 10.0 Å². The van der Waals surface area contributed by atoms with Crippen LogP contribution in [0.5, 0.6) is 0 Å². The molecule has 0 atom stereocenters. The highest BCUT2D eigenvalue weighted by Gasteiger charge is 2.18. The van der Waals surface area contributed by atoms with E-state index in [9.17, 15) is 12.8 Å². The van der Waals surface area contributed by atoms with Crippen molar-refractivity contribution in [3.63, 3.8) is 0 Å². The molecule has 2 rings (SSSR count). The van der Waals surface area contributed by atoms with Gasteiger partial charge in [0, 0.05) is 0 Å². The van der Waals surface area contributed by atoms with E-state index in [4.69, 9.17) is 23.2 Å². The van der Waals surface area contributed by atoms with Crippen LogP contribution in [-0.4, -0.2) is 14.4 Å². The van der Waals surface area contributed by atoms with Crippen LogP contribution in [0.15, 0.2) is 58.6 Å². The number of hydrogen-bond donors (Lipinski definition) is 0. The fourth-order valence-corrected chi connectivity index (χ4v) is 2.75. The summed E-state index contributed by atoms with van der Waals surface area (Å²) in [5.41, 5.74) is -0.232. The fraction of sp³-hybridized carbons (Fsp3) is 0. The molecule has 2 aromatic rings. The molecule has 0 N–H and O–H groups in total. The Labute approximate surface area is 130 Å². The Kier molecular flexibility index (Phi) is 4.82. The van der Waals surface area contributed by atoms with Crippen LogP contribution in [0.3, 0.4) is 0 Å². The number of nitrogens with zero attached hydrogens (tertiary/aromatic N) is 1. The van der Waals surface area contributed by atoms with Gasteiger partial charge in [-0.25, -0.2) is 0 Å². The minimum absolute atomic E-state index is 0.00976. The predicted octanol–water partition coefficient (Wildman–Crippen LogP) is 4.03. The minimum Gasteiger partial charge on any atom is -0.262 e. The lowest BCUT2D eigenvalue weighted by atomic mass is 10.2. The van der Waals surface area contributed by atoms with Crippen molar-refractivity contribution >= 4 is 39.3 Å². The zero-order chi connectivity index (χ0) is 15.5. The standard InChI is InChI=1S/C13H8Cl2FNO3S/c14-10-7-4-8-11(15)12(10)13(16)17-20-21(18,19)9-5-2-1-3-6-9/h1-8H. The van der Waals surface area contributed by atoms with Gasteiger partial charge >= 0.3 is 10.1 Å². The van der Waals surface area contributed by atoms with E-state index < -0.39 is 16.1 Å². The second-order valence-corrected chi connectivity index (χ2v) is 6.16. The van der Waals surface area contributed by atoms with Gasteiger partial charge in [0.25, 0.3) is 5.97 Å². The zero-order valence-electron chi connectivity index (χ0n) is 10.3. The maximum atomic E-state index is 13.9. The van der Waals surface area contributed by atoms with Crippen LogP contribution >= 0.6 is 23.2 Å². The van der Waals surface area contributed by atoms with Crippen LogP contribution in [0.25, 0.3) is 0 Å². The molecule has 0 aliphatic carbocycles. The summed E-state index contributed by atoms with van der Waals surface area (Å²) in [6.45, 7) is 0. The van der Waals surface area contributed by atoms with Crippen molar-refractivity contribution in [3.8, 4) is 0 Å². The molecule has 0 aromatic heterocycles. The molecule has 0 bridgehead atoms. The van der Waals surface area contributed by atoms with Crippen molar-refractivity contribution in [2.24, 2.45) is 5.16 Å². The van der Waals surface area contributed by atoms with Crippen molar-refractivity contribution in [2.45, 2.75) is 4.90 Å². The summed E-state index contributed by atoms with van der Waals surface area (Å²) in [6, 6.07) is 11.5. The lowest BCUT2D eigenvalue weighted by molar-refractivity contribution is 0.333. The monoisotopic (exact) mass is 347 g/mol.